The Morgan fingerprint density at radius 3 is 1.33 bits per heavy atom. The van der Waals surface area contributed by atoms with E-state index in [4.69, 9.17) is 64.1 Å². The van der Waals surface area contributed by atoms with E-state index in [0.717, 1.165) is 24.8 Å². The highest BCUT2D eigenvalue weighted by atomic mass is 32.2. The zero-order valence-electron chi connectivity index (χ0n) is 76.8. The number of nitrogen functional groups attached to an aromatic ring is 4. The largest absolute Gasteiger partial charge is 0.471 e. The van der Waals surface area contributed by atoms with E-state index in [2.05, 4.69) is 187 Å². The van der Waals surface area contributed by atoms with E-state index in [1.165, 1.54) is 18.5 Å². The van der Waals surface area contributed by atoms with E-state index in [9.17, 15) is 43.7 Å². The molecule has 15 rings (SSSR count). The molecule has 0 unspecified atom stereocenters. The topological polar surface area (TPSA) is 554 Å². The lowest BCUT2D eigenvalue weighted by atomic mass is 10.1. The highest BCUT2D eigenvalue weighted by Gasteiger charge is 2.49. The van der Waals surface area contributed by atoms with Crippen LogP contribution in [0.2, 0.25) is 54.4 Å². The second-order valence-corrected chi connectivity index (χ2v) is 53.1. The van der Waals surface area contributed by atoms with Crippen LogP contribution in [0.5, 0.6) is 11.8 Å². The van der Waals surface area contributed by atoms with Crippen molar-refractivity contribution in [3.8, 4) is 11.8 Å². The minimum Gasteiger partial charge on any atom is -0.471 e. The van der Waals surface area contributed by atoms with Crippen molar-refractivity contribution >= 4 is 121 Å². The summed E-state index contributed by atoms with van der Waals surface area (Å²) in [6.07, 6.45) is 7.71. The molecule has 129 heavy (non-hydrogen) atoms. The van der Waals surface area contributed by atoms with Crippen LogP contribution in [0.4, 0.5) is 41.0 Å². The Kier molecular flexibility index (Phi) is 29.0. The summed E-state index contributed by atoms with van der Waals surface area (Å²) >= 11 is 0. The van der Waals surface area contributed by atoms with E-state index in [0.29, 0.717) is 81.0 Å². The average molecular weight is 1860 g/mol. The van der Waals surface area contributed by atoms with Gasteiger partial charge in [-0.1, -0.05) is 131 Å². The first-order chi connectivity index (χ1) is 60.4. The van der Waals surface area contributed by atoms with Crippen molar-refractivity contribution in [2.75, 3.05) is 34.9 Å². The first-order valence-electron chi connectivity index (χ1n) is 43.0. The minimum atomic E-state index is -4.21. The second kappa shape index (κ2) is 38.4. The quantitative estimate of drug-likeness (QED) is 0.0114. The van der Waals surface area contributed by atoms with Crippen LogP contribution in [-0.2, 0) is 55.5 Å². The number of aryl methyl sites for hydroxylation is 3. The molecule has 4 aliphatic heterocycles. The lowest BCUT2D eigenvalue weighted by molar-refractivity contribution is -0.385. The number of aromatic amines is 1. The third-order valence-electron chi connectivity index (χ3n) is 25.1. The van der Waals surface area contributed by atoms with Gasteiger partial charge in [-0.15, -0.1) is 0 Å². The first-order valence-corrected chi connectivity index (χ1v) is 53.1. The number of aliphatic hydroxyl groups is 2. The number of nitro benzene ring substituents is 2. The van der Waals surface area contributed by atoms with E-state index in [1.807, 2.05) is 11.5 Å². The zero-order valence-corrected chi connectivity index (χ0v) is 80.6. The Balaban J connectivity index is 0.000000157. The fourth-order valence-electron chi connectivity index (χ4n) is 15.3. The summed E-state index contributed by atoms with van der Waals surface area (Å²) in [5.41, 5.74) is 29.1. The van der Waals surface area contributed by atoms with Crippen molar-refractivity contribution in [2.45, 2.75) is 295 Å². The molecule has 4 saturated heterocycles. The van der Waals surface area contributed by atoms with E-state index < -0.39 is 69.6 Å². The van der Waals surface area contributed by atoms with Crippen LogP contribution in [0.15, 0.2) is 95.7 Å². The summed E-state index contributed by atoms with van der Waals surface area (Å²) in [5, 5.41) is 45.1. The molecule has 0 spiro atoms. The highest BCUT2D eigenvalue weighted by molar-refractivity contribution is 7.87. The van der Waals surface area contributed by atoms with Crippen molar-refractivity contribution < 1.29 is 69.6 Å². The summed E-state index contributed by atoms with van der Waals surface area (Å²) < 4.78 is 89.7. The Bertz CT molecular complexity index is 6050. The molecule has 0 bridgehead atoms. The van der Waals surface area contributed by atoms with Gasteiger partial charge in [-0.2, -0.15) is 43.3 Å². The van der Waals surface area contributed by atoms with Crippen LogP contribution in [0.1, 0.15) is 181 Å². The van der Waals surface area contributed by atoms with Crippen molar-refractivity contribution in [2.24, 2.45) is 0 Å². The van der Waals surface area contributed by atoms with Gasteiger partial charge in [-0.25, -0.2) is 19.9 Å². The number of imidazole rings is 4. The molecule has 12 N–H and O–H groups in total. The van der Waals surface area contributed by atoms with E-state index in [-0.39, 0.29) is 159 Å². The Morgan fingerprint density at radius 1 is 0.535 bits per heavy atom. The van der Waals surface area contributed by atoms with Gasteiger partial charge in [0.2, 0.25) is 29.7 Å². The number of fused-ring (bicyclic) bond motifs is 4. The van der Waals surface area contributed by atoms with Gasteiger partial charge < -0.3 is 79.6 Å². The first kappa shape index (κ1) is 97.4. The predicted octanol–water partition coefficient (Wildman–Crippen LogP) is 13.5. The molecule has 0 amide bonds. The van der Waals surface area contributed by atoms with Gasteiger partial charge in [0.25, 0.3) is 22.8 Å². The van der Waals surface area contributed by atoms with Crippen LogP contribution in [0.3, 0.4) is 0 Å². The molecule has 41 nitrogen and oxygen atoms in total. The molecule has 3 aromatic carbocycles. The number of hydrogen-bond donors (Lipinski definition) is 8. The number of ether oxygens (including phenoxy) is 5. The van der Waals surface area contributed by atoms with Crippen LogP contribution in [-0.4, -0.2) is 187 Å². The van der Waals surface area contributed by atoms with Crippen LogP contribution < -0.4 is 42.7 Å². The van der Waals surface area contributed by atoms with Crippen LogP contribution >= 0.6 is 0 Å². The number of aliphatic hydroxyl groups excluding tert-OH is 2. The summed E-state index contributed by atoms with van der Waals surface area (Å²) in [6, 6.07) is 16.4. The lowest BCUT2D eigenvalue weighted by Gasteiger charge is -2.39. The van der Waals surface area contributed by atoms with Crippen LogP contribution in [0, 0.1) is 41.0 Å². The number of nitro groups is 2. The smallest absolute Gasteiger partial charge is 0.341 e. The van der Waals surface area contributed by atoms with Gasteiger partial charge in [0, 0.05) is 49.9 Å². The molecule has 12 heterocycles. The third kappa shape index (κ3) is 21.3. The van der Waals surface area contributed by atoms with Gasteiger partial charge in [-0.3, -0.25) is 48.3 Å². The minimum absolute atomic E-state index is 0.00548. The van der Waals surface area contributed by atoms with Crippen molar-refractivity contribution in [3.63, 3.8) is 0 Å². The molecule has 4 fully saturated rings. The number of nitrogens with zero attached hydrogens (tertiary/aromatic N) is 17. The maximum atomic E-state index is 13.3. The Morgan fingerprint density at radius 2 is 0.907 bits per heavy atom. The number of hydrogen-bond acceptors (Lipinski definition) is 34. The van der Waals surface area contributed by atoms with Gasteiger partial charge in [0.15, 0.2) is 75.4 Å². The number of aromatic nitrogens is 16. The molecule has 698 valence electrons. The van der Waals surface area contributed by atoms with Crippen molar-refractivity contribution in [3.05, 3.63) is 144 Å². The summed E-state index contributed by atoms with van der Waals surface area (Å²) in [4.78, 5) is 83.2. The zero-order chi connectivity index (χ0) is 94.3. The Labute approximate surface area is 750 Å². The number of nitrogens with one attached hydrogen (secondary N) is 2. The van der Waals surface area contributed by atoms with Crippen molar-refractivity contribution in [1.82, 2.24) is 78.1 Å². The lowest BCUT2D eigenvalue weighted by Crippen LogP contribution is -2.45. The molecule has 12 atom stereocenters. The van der Waals surface area contributed by atoms with Gasteiger partial charge in [0.1, 0.15) is 42.5 Å². The SMILES string of the molecule is CC[C@H]1O[C@@H](n2cnc3c(=O)[nH]c(N)nc32)C[C@H]1O[Si](C)(C)C(C)(C)C.CC[C@H]1O[C@@H](n2cnc3c(OCc4ccccc4[N+](=O)[O-])nc(N)nc32)C[C@H]1O[Si](C)(C)C(C)(C)C.CC[C@H]1O[C@@H](n2cnc3c(OS(=O)(=O)c4c(C)cc(C)cc4C)nc(N)nc32)C[C@H]1O[Si](C)(C)C(C)(C)C.Nc1nc(NCc2ccccc2[N+](=O)[O-])c2ncn([C@H]3C[C@@H](O)[C@@H](CO)O3)c2n1. The number of benzene rings is 3. The summed E-state index contributed by atoms with van der Waals surface area (Å²) in [6.45, 7) is 44.9. The predicted molar refractivity (Wildman–Crippen MR) is 492 cm³/mol. The van der Waals surface area contributed by atoms with Gasteiger partial charge in [-0.05, 0) is 112 Å². The fraction of sp³-hybridized carbons (Fsp3) is 0.548. The number of anilines is 5. The number of para-hydroxylation sites is 2. The number of nitrogens with two attached hydrogens (primary N) is 4. The number of rotatable bonds is 25. The third-order valence-corrected chi connectivity index (χ3v) is 40.1. The van der Waals surface area contributed by atoms with E-state index in [1.54, 1.807) is 95.1 Å². The monoisotopic (exact) mass is 1860 g/mol. The normalized spacial score (nSPS) is 21.7. The van der Waals surface area contributed by atoms with E-state index >= 15 is 0 Å². The standard InChI is InChI=1S/C26H39N5O5SSi.C24H34N6O5Si.C17H19N7O5.C17H29N5O3Si/c1-10-18-19(36-38(8,9)26(5,6)7)13-20(34-18)31-14-28-21-23(31)29-25(27)30-24(21)35-37(32,33)22-16(3)11-15(2)12-17(22)4;1-7-17-18(35-36(5,6)24(2,3)4)12-19(34-17)29-14-26-20-21(29)27-23(25)28-22(20)33-13-15-10-8-9-11-16(15)30(31)32;18-17-21-15(19-6-9-3-1-2-4-10(9)24(27)28)14-16(22-17)23(8-20-14)13-5-11(26)12(7-25)29-13;1-7-10-11(25-26(5,6)17(2,3)4)8-12(24-10)22-9-19-13-14(22)20-16(18)21-15(13)23/h11-12,14,18-20H,10,13H2,1-9H3,(H2,27,29,30);8-11,14,17-19H,7,12-13H2,1-6H3,(H2,25,27,28);1-4,8,11-13,25-26H,5-7H2,(H3,18,19,21,22);9-12H,7-8H2,1-6H3,(H3,18,20,21,23)/t18-,19-,20-;17-,18-,19-;11-,12-,13-;10-,11-,12-/m1111/s1. The maximum Gasteiger partial charge on any atom is 0.341 e. The summed E-state index contributed by atoms with van der Waals surface area (Å²) in [7, 11) is -10.1. The second-order valence-electron chi connectivity index (χ2n) is 37.3. The highest BCUT2D eigenvalue weighted by Crippen LogP contribution is 2.47. The molecule has 0 aliphatic carbocycles. The maximum absolute atomic E-state index is 13.3. The number of H-pyrrole nitrogens is 1. The molecule has 8 aromatic heterocycles. The molecule has 4 aliphatic rings. The molecular formula is C84H121N23O18SSi3. The van der Waals surface area contributed by atoms with Crippen molar-refractivity contribution in [1.29, 1.82) is 0 Å². The molecule has 45 heteroatoms. The summed E-state index contributed by atoms with van der Waals surface area (Å²) in [5.74, 6) is 0.215. The molecule has 0 saturated carbocycles. The molecule has 0 radical (unpaired) electrons. The molecular weight excluding hydrogens is 1740 g/mol. The Hall–Kier alpha value is -10.7. The molecule has 11 aromatic rings. The average Bonchev–Trinajstić information content (AvgIpc) is 1.63. The van der Waals surface area contributed by atoms with Gasteiger partial charge in [0.05, 0.1) is 90.1 Å². The van der Waals surface area contributed by atoms with Crippen LogP contribution in [0.25, 0.3) is 44.7 Å². The fourth-order valence-corrected chi connectivity index (χ4v) is 20.7. The van der Waals surface area contributed by atoms with Gasteiger partial charge >= 0.3 is 10.1 Å².